The maximum atomic E-state index is 4.70. The van der Waals surface area contributed by atoms with Gasteiger partial charge in [-0.15, -0.1) is 0 Å². The number of H-pyrrole nitrogens is 1. The number of hydrogen-bond donors (Lipinski definition) is 2. The minimum absolute atomic E-state index is 0.132. The van der Waals surface area contributed by atoms with Gasteiger partial charge in [0.2, 0.25) is 0 Å². The molecule has 1 heterocycles. The molecule has 3 nitrogen and oxygen atoms in total. The number of fused-ring (bicyclic) bond motifs is 1. The average Bonchev–Trinajstić information content (AvgIpc) is 2.62. The molecule has 0 aliphatic heterocycles. The third-order valence-corrected chi connectivity index (χ3v) is 3.41. The first-order valence-electron chi connectivity index (χ1n) is 5.85. The summed E-state index contributed by atoms with van der Waals surface area (Å²) in [4.78, 5) is 8.10. The highest BCUT2D eigenvalue weighted by Gasteiger charge is 2.23. The first-order valence-corrected chi connectivity index (χ1v) is 6.64. The largest absolute Gasteiger partial charge is 0.340 e. The summed E-state index contributed by atoms with van der Waals surface area (Å²) in [6.45, 7) is 9.38. The fourth-order valence-corrected chi connectivity index (χ4v) is 2.64. The van der Waals surface area contributed by atoms with Crippen molar-refractivity contribution >= 4 is 27.0 Å². The predicted molar refractivity (Wildman–Crippen MR) is 75.2 cm³/mol. The van der Waals surface area contributed by atoms with Crippen LogP contribution in [0.4, 0.5) is 0 Å². The van der Waals surface area contributed by atoms with E-state index in [9.17, 15) is 0 Å². The summed E-state index contributed by atoms with van der Waals surface area (Å²) in [5.74, 6) is 0.982. The normalized spacial score (nSPS) is 12.3. The van der Waals surface area contributed by atoms with Crippen molar-refractivity contribution in [1.29, 1.82) is 0 Å². The van der Waals surface area contributed by atoms with Crippen molar-refractivity contribution < 1.29 is 0 Å². The van der Waals surface area contributed by atoms with Gasteiger partial charge in [-0.1, -0.05) is 22.9 Å². The molecule has 92 valence electrons. The fourth-order valence-electron chi connectivity index (χ4n) is 2.07. The molecule has 0 amide bonds. The van der Waals surface area contributed by atoms with Crippen molar-refractivity contribution in [2.75, 3.05) is 6.54 Å². The van der Waals surface area contributed by atoms with Crippen LogP contribution in [-0.2, 0) is 5.54 Å². The highest BCUT2D eigenvalue weighted by molar-refractivity contribution is 9.10. The van der Waals surface area contributed by atoms with Gasteiger partial charge in [0.1, 0.15) is 5.82 Å². The number of benzene rings is 1. The molecule has 1 aromatic heterocycles. The van der Waals surface area contributed by atoms with E-state index in [4.69, 9.17) is 4.98 Å². The lowest BCUT2D eigenvalue weighted by atomic mass is 10.1. The molecular weight excluding hydrogens is 278 g/mol. The monoisotopic (exact) mass is 295 g/mol. The average molecular weight is 296 g/mol. The van der Waals surface area contributed by atoms with Crippen molar-refractivity contribution in [3.05, 3.63) is 28.0 Å². The van der Waals surface area contributed by atoms with Crippen LogP contribution >= 0.6 is 15.9 Å². The lowest BCUT2D eigenvalue weighted by molar-refractivity contribution is 0.395. The number of aryl methyl sites for hydroxylation is 1. The van der Waals surface area contributed by atoms with Crippen LogP contribution in [0.1, 0.15) is 32.2 Å². The van der Waals surface area contributed by atoms with Gasteiger partial charge in [0, 0.05) is 4.47 Å². The molecule has 0 spiro atoms. The SMILES string of the molecule is CCNC(C)(C)c1nc2c(C)cc(Br)cc2[nH]1. The molecule has 0 saturated heterocycles. The number of nitrogens with one attached hydrogen (secondary N) is 2. The Bertz CT molecular complexity index is 543. The Morgan fingerprint density at radius 1 is 1.41 bits per heavy atom. The lowest BCUT2D eigenvalue weighted by Gasteiger charge is -2.22. The van der Waals surface area contributed by atoms with Crippen molar-refractivity contribution in [2.24, 2.45) is 0 Å². The zero-order valence-electron chi connectivity index (χ0n) is 10.7. The number of rotatable bonds is 3. The van der Waals surface area contributed by atoms with Crippen LogP contribution in [0.2, 0.25) is 0 Å². The highest BCUT2D eigenvalue weighted by atomic mass is 79.9. The molecule has 0 aliphatic carbocycles. The number of halogens is 1. The van der Waals surface area contributed by atoms with E-state index in [0.29, 0.717) is 0 Å². The zero-order chi connectivity index (χ0) is 12.6. The van der Waals surface area contributed by atoms with Crippen LogP contribution in [0.5, 0.6) is 0 Å². The smallest absolute Gasteiger partial charge is 0.127 e. The third-order valence-electron chi connectivity index (χ3n) is 2.95. The van der Waals surface area contributed by atoms with E-state index in [1.807, 2.05) is 0 Å². The Kier molecular flexibility index (Phi) is 3.27. The summed E-state index contributed by atoms with van der Waals surface area (Å²) in [5, 5.41) is 3.43. The quantitative estimate of drug-likeness (QED) is 0.910. The topological polar surface area (TPSA) is 40.7 Å². The Balaban J connectivity index is 2.55. The molecule has 0 aliphatic rings. The number of aromatic amines is 1. The molecule has 17 heavy (non-hydrogen) atoms. The van der Waals surface area contributed by atoms with Crippen LogP contribution in [0.25, 0.3) is 11.0 Å². The third kappa shape index (κ3) is 2.38. The second-order valence-electron chi connectivity index (χ2n) is 4.86. The number of hydrogen-bond acceptors (Lipinski definition) is 2. The summed E-state index contributed by atoms with van der Waals surface area (Å²) in [5.41, 5.74) is 3.18. The second kappa shape index (κ2) is 4.42. The minimum Gasteiger partial charge on any atom is -0.340 e. The first-order chi connectivity index (χ1) is 7.94. The predicted octanol–water partition coefficient (Wildman–Crippen LogP) is 3.48. The first kappa shape index (κ1) is 12.6. The minimum atomic E-state index is -0.132. The van der Waals surface area contributed by atoms with Crippen molar-refractivity contribution in [3.8, 4) is 0 Å². The molecule has 0 unspecified atom stereocenters. The van der Waals surface area contributed by atoms with Gasteiger partial charge in [-0.2, -0.15) is 0 Å². The van der Waals surface area contributed by atoms with Crippen molar-refractivity contribution in [2.45, 2.75) is 33.2 Å². The van der Waals surface area contributed by atoms with Crippen LogP contribution < -0.4 is 5.32 Å². The molecule has 0 fully saturated rings. The van der Waals surface area contributed by atoms with Crippen LogP contribution in [-0.4, -0.2) is 16.5 Å². The van der Waals surface area contributed by atoms with E-state index in [0.717, 1.165) is 27.9 Å². The van der Waals surface area contributed by atoms with E-state index in [1.165, 1.54) is 5.56 Å². The standard InChI is InChI=1S/C13H18BrN3/c1-5-15-13(3,4)12-16-10-7-9(14)6-8(2)11(10)17-12/h6-7,15H,5H2,1-4H3,(H,16,17). The van der Waals surface area contributed by atoms with Gasteiger partial charge in [0.15, 0.2) is 0 Å². The van der Waals surface area contributed by atoms with Gasteiger partial charge in [-0.25, -0.2) is 4.98 Å². The van der Waals surface area contributed by atoms with Gasteiger partial charge in [0.25, 0.3) is 0 Å². The lowest BCUT2D eigenvalue weighted by Crippen LogP contribution is -2.37. The molecule has 2 rings (SSSR count). The van der Waals surface area contributed by atoms with Gasteiger partial charge < -0.3 is 10.3 Å². The van der Waals surface area contributed by atoms with Crippen LogP contribution in [0, 0.1) is 6.92 Å². The van der Waals surface area contributed by atoms with Gasteiger partial charge in [-0.3, -0.25) is 0 Å². The zero-order valence-corrected chi connectivity index (χ0v) is 12.3. The molecular formula is C13H18BrN3. The van der Waals surface area contributed by atoms with Crippen molar-refractivity contribution in [1.82, 2.24) is 15.3 Å². The number of nitrogens with zero attached hydrogens (tertiary/aromatic N) is 1. The molecule has 1 aromatic carbocycles. The summed E-state index contributed by atoms with van der Waals surface area (Å²) in [6, 6.07) is 4.16. The number of aromatic nitrogens is 2. The highest BCUT2D eigenvalue weighted by Crippen LogP contribution is 2.25. The number of imidazole rings is 1. The maximum absolute atomic E-state index is 4.70. The second-order valence-corrected chi connectivity index (χ2v) is 5.78. The fraction of sp³-hybridized carbons (Fsp3) is 0.462. The Morgan fingerprint density at radius 3 is 2.76 bits per heavy atom. The Labute approximate surface area is 110 Å². The molecule has 2 N–H and O–H groups in total. The maximum Gasteiger partial charge on any atom is 0.127 e. The summed E-state index contributed by atoms with van der Waals surface area (Å²) >= 11 is 3.51. The van der Waals surface area contributed by atoms with Crippen LogP contribution in [0.15, 0.2) is 16.6 Å². The summed E-state index contributed by atoms with van der Waals surface area (Å²) in [6.07, 6.45) is 0. The molecule has 4 heteroatoms. The van der Waals surface area contributed by atoms with Gasteiger partial charge in [0.05, 0.1) is 16.6 Å². The molecule has 0 radical (unpaired) electrons. The molecule has 0 saturated carbocycles. The van der Waals surface area contributed by atoms with E-state index >= 15 is 0 Å². The van der Waals surface area contributed by atoms with E-state index in [1.54, 1.807) is 0 Å². The summed E-state index contributed by atoms with van der Waals surface area (Å²) < 4.78 is 1.08. The molecule has 2 aromatic rings. The van der Waals surface area contributed by atoms with E-state index in [-0.39, 0.29) is 5.54 Å². The Morgan fingerprint density at radius 2 is 2.12 bits per heavy atom. The van der Waals surface area contributed by atoms with Gasteiger partial charge in [-0.05, 0) is 45.0 Å². The van der Waals surface area contributed by atoms with E-state index in [2.05, 4.69) is 66.1 Å². The summed E-state index contributed by atoms with van der Waals surface area (Å²) in [7, 11) is 0. The Hall–Kier alpha value is -0.870. The molecule has 0 bridgehead atoms. The van der Waals surface area contributed by atoms with Gasteiger partial charge >= 0.3 is 0 Å². The van der Waals surface area contributed by atoms with Crippen LogP contribution in [0.3, 0.4) is 0 Å². The molecule has 0 atom stereocenters. The van der Waals surface area contributed by atoms with Crippen molar-refractivity contribution in [3.63, 3.8) is 0 Å². The van der Waals surface area contributed by atoms with E-state index < -0.39 is 0 Å².